The second-order valence-corrected chi connectivity index (χ2v) is 12.7. The lowest BCUT2D eigenvalue weighted by atomic mass is 9.59. The summed E-state index contributed by atoms with van der Waals surface area (Å²) in [6.45, 7) is 11.0. The average Bonchev–Trinajstić information content (AvgIpc) is 3.21. The topological polar surface area (TPSA) is 163 Å². The van der Waals surface area contributed by atoms with Crippen molar-refractivity contribution < 1.29 is 44.3 Å². The van der Waals surface area contributed by atoms with Gasteiger partial charge in [0.2, 0.25) is 0 Å². The number of ketones is 1. The Bertz CT molecular complexity index is 1090. The molecule has 0 aromatic heterocycles. The molecule has 2 saturated carbocycles. The Balaban J connectivity index is 1.68. The van der Waals surface area contributed by atoms with Crippen molar-refractivity contribution in [2.24, 2.45) is 29.1 Å². The van der Waals surface area contributed by atoms with Crippen LogP contribution >= 0.6 is 0 Å². The quantitative estimate of drug-likeness (QED) is 0.268. The maximum absolute atomic E-state index is 13.0. The maximum atomic E-state index is 13.0. The van der Waals surface area contributed by atoms with Crippen LogP contribution in [-0.4, -0.2) is 79.9 Å². The second kappa shape index (κ2) is 8.36. The molecule has 0 aromatic carbocycles. The third kappa shape index (κ3) is 3.78. The Labute approximate surface area is 216 Å². The molecule has 0 heterocycles. The van der Waals surface area contributed by atoms with Crippen LogP contribution in [0.4, 0.5) is 4.79 Å². The van der Waals surface area contributed by atoms with Crippen LogP contribution in [0.3, 0.4) is 0 Å². The smallest absolute Gasteiger partial charge is 0.408 e. The molecule has 0 spiro atoms. The van der Waals surface area contributed by atoms with Gasteiger partial charge < -0.3 is 35.2 Å². The predicted molar refractivity (Wildman–Crippen MR) is 131 cm³/mol. The highest BCUT2D eigenvalue weighted by Crippen LogP contribution is 2.76. The molecule has 2 fully saturated rings. The highest BCUT2D eigenvalue weighted by Gasteiger charge is 2.86. The Morgan fingerprint density at radius 1 is 1.19 bits per heavy atom. The molecule has 5 N–H and O–H groups in total. The lowest BCUT2D eigenvalue weighted by molar-refractivity contribution is -0.219. The lowest BCUT2D eigenvalue weighted by Gasteiger charge is -2.52. The van der Waals surface area contributed by atoms with Crippen molar-refractivity contribution in [1.29, 1.82) is 0 Å². The molecule has 0 radical (unpaired) electrons. The molecule has 206 valence electrons. The molecule has 1 amide bonds. The van der Waals surface area contributed by atoms with Crippen molar-refractivity contribution in [2.75, 3.05) is 13.2 Å². The van der Waals surface area contributed by atoms with Gasteiger partial charge in [0.05, 0.1) is 18.3 Å². The number of carbonyl (C=O) groups is 3. The van der Waals surface area contributed by atoms with E-state index < -0.39 is 88.6 Å². The Kier molecular flexibility index (Phi) is 6.27. The van der Waals surface area contributed by atoms with Crippen molar-refractivity contribution in [3.63, 3.8) is 0 Å². The number of rotatable bonds is 4. The molecule has 0 aliphatic heterocycles. The zero-order chi connectivity index (χ0) is 27.9. The molecule has 0 aromatic rings. The van der Waals surface area contributed by atoms with E-state index in [4.69, 9.17) is 9.47 Å². The number of hydrogen-bond donors (Lipinski definition) is 5. The first kappa shape index (κ1) is 27.8. The van der Waals surface area contributed by atoms with Gasteiger partial charge in [0, 0.05) is 35.5 Å². The second-order valence-electron chi connectivity index (χ2n) is 12.7. The molecule has 4 rings (SSSR count). The van der Waals surface area contributed by atoms with E-state index in [1.165, 1.54) is 0 Å². The molecule has 10 heteroatoms. The number of alkyl carbamates (subject to hydrolysis) is 1. The van der Waals surface area contributed by atoms with Crippen molar-refractivity contribution in [2.45, 2.75) is 83.4 Å². The largest absolute Gasteiger partial charge is 0.454 e. The van der Waals surface area contributed by atoms with E-state index in [2.05, 4.69) is 5.32 Å². The monoisotopic (exact) mass is 521 g/mol. The van der Waals surface area contributed by atoms with E-state index >= 15 is 0 Å². The van der Waals surface area contributed by atoms with Crippen molar-refractivity contribution in [3.8, 4) is 0 Å². The first-order chi connectivity index (χ1) is 16.9. The number of hydrogen-bond acceptors (Lipinski definition) is 9. The third-order valence-corrected chi connectivity index (χ3v) is 9.05. The van der Waals surface area contributed by atoms with Gasteiger partial charge in [-0.2, -0.15) is 0 Å². The number of ether oxygens (including phenoxy) is 2. The SMILES string of the molecule is CC1=C[C@H]2[C@@]3(O)[C@H](C)[C@@H](O)[C@]4(OC(=O)CNC(=O)OC(C)(C)C)[C@H]([C@@H]3C=C(CO)C[C@]2(O)C1=O)C4(C)C. The summed E-state index contributed by atoms with van der Waals surface area (Å²) in [5.41, 5.74) is -5.96. The molecular formula is C27H39NO9. The summed E-state index contributed by atoms with van der Waals surface area (Å²) in [6, 6.07) is 0. The van der Waals surface area contributed by atoms with E-state index in [0.29, 0.717) is 11.1 Å². The fraction of sp³-hybridized carbons (Fsp3) is 0.741. The molecule has 0 saturated heterocycles. The highest BCUT2D eigenvalue weighted by atomic mass is 16.6. The minimum atomic E-state index is -1.96. The van der Waals surface area contributed by atoms with Crippen LogP contribution in [0.25, 0.3) is 0 Å². The van der Waals surface area contributed by atoms with Crippen molar-refractivity contribution in [1.82, 2.24) is 5.32 Å². The number of carbonyl (C=O) groups excluding carboxylic acids is 3. The molecular weight excluding hydrogens is 482 g/mol. The summed E-state index contributed by atoms with van der Waals surface area (Å²) in [5.74, 6) is -4.58. The van der Waals surface area contributed by atoms with Crippen LogP contribution in [-0.2, 0) is 19.1 Å². The zero-order valence-corrected chi connectivity index (χ0v) is 22.5. The molecule has 0 unspecified atom stereocenters. The van der Waals surface area contributed by atoms with E-state index in [-0.39, 0.29) is 6.42 Å². The number of amides is 1. The van der Waals surface area contributed by atoms with Gasteiger partial charge >= 0.3 is 12.1 Å². The van der Waals surface area contributed by atoms with Gasteiger partial charge in [-0.15, -0.1) is 0 Å². The van der Waals surface area contributed by atoms with Gasteiger partial charge in [-0.25, -0.2) is 4.79 Å². The maximum Gasteiger partial charge on any atom is 0.408 e. The van der Waals surface area contributed by atoms with Gasteiger partial charge in [0.25, 0.3) is 0 Å². The summed E-state index contributed by atoms with van der Waals surface area (Å²) in [7, 11) is 0. The lowest BCUT2D eigenvalue weighted by Crippen LogP contribution is -2.65. The number of fused-ring (bicyclic) bond motifs is 5. The van der Waals surface area contributed by atoms with Crippen molar-refractivity contribution in [3.05, 3.63) is 23.3 Å². The van der Waals surface area contributed by atoms with E-state index in [9.17, 15) is 34.8 Å². The fourth-order valence-electron chi connectivity index (χ4n) is 7.35. The molecule has 10 nitrogen and oxygen atoms in total. The van der Waals surface area contributed by atoms with Crippen molar-refractivity contribution >= 4 is 17.8 Å². The summed E-state index contributed by atoms with van der Waals surface area (Å²) in [6.07, 6.45) is 0.966. The standard InChI is InChI=1S/C27H39NO9/c1-13-8-17-25(34,20(13)31)10-15(12-29)9-16-19-24(6,7)27(19,21(32)14(2)26(16,17)35)36-18(30)11-28-22(33)37-23(3,4)5/h8-9,14,16-17,19,21,29,32,34-35H,10-12H2,1-7H3,(H,28,33)/t14-,16+,17-,19-,21-,25-,26-,27-/m1/s1. The molecule has 37 heavy (non-hydrogen) atoms. The number of aliphatic hydroxyl groups excluding tert-OH is 2. The highest BCUT2D eigenvalue weighted by molar-refractivity contribution is 6.04. The van der Waals surface area contributed by atoms with E-state index in [1.807, 2.05) is 13.8 Å². The molecule has 4 aliphatic rings. The van der Waals surface area contributed by atoms with Crippen LogP contribution in [0.15, 0.2) is 23.3 Å². The first-order valence-corrected chi connectivity index (χ1v) is 12.7. The normalized spacial score (nSPS) is 41.8. The van der Waals surface area contributed by atoms with Crippen LogP contribution in [0, 0.1) is 29.1 Å². The Morgan fingerprint density at radius 2 is 1.81 bits per heavy atom. The summed E-state index contributed by atoms with van der Waals surface area (Å²) in [5, 5.41) is 47.9. The fourth-order valence-corrected chi connectivity index (χ4v) is 7.35. The van der Waals surface area contributed by atoms with Gasteiger partial charge in [-0.1, -0.05) is 32.9 Å². The van der Waals surface area contributed by atoms with Gasteiger partial charge in [0.15, 0.2) is 5.78 Å². The number of aliphatic hydroxyl groups is 4. The van der Waals surface area contributed by atoms with E-state index in [1.54, 1.807) is 46.8 Å². The average molecular weight is 522 g/mol. The minimum Gasteiger partial charge on any atom is -0.454 e. The summed E-state index contributed by atoms with van der Waals surface area (Å²) < 4.78 is 11.1. The molecule has 0 bridgehead atoms. The predicted octanol–water partition coefficient (Wildman–Crippen LogP) is 1.01. The van der Waals surface area contributed by atoms with E-state index in [0.717, 1.165) is 0 Å². The summed E-state index contributed by atoms with van der Waals surface area (Å²) >= 11 is 0. The molecule has 8 atom stereocenters. The van der Waals surface area contributed by atoms with Gasteiger partial charge in [0.1, 0.15) is 23.3 Å². The summed E-state index contributed by atoms with van der Waals surface area (Å²) in [4.78, 5) is 37.9. The van der Waals surface area contributed by atoms with Gasteiger partial charge in [-0.3, -0.25) is 9.59 Å². The number of esters is 1. The number of nitrogens with one attached hydrogen (secondary N) is 1. The minimum absolute atomic E-state index is 0.151. The molecule has 4 aliphatic carbocycles. The third-order valence-electron chi connectivity index (χ3n) is 9.05. The first-order valence-electron chi connectivity index (χ1n) is 12.7. The van der Waals surface area contributed by atoms with Crippen LogP contribution in [0.5, 0.6) is 0 Å². The Hall–Kier alpha value is -2.27. The van der Waals surface area contributed by atoms with Crippen LogP contribution in [0.1, 0.15) is 54.9 Å². The van der Waals surface area contributed by atoms with Crippen LogP contribution in [0.2, 0.25) is 0 Å². The number of Topliss-reactive ketones (excluding diaryl/α,β-unsaturated/α-hetero) is 1. The Morgan fingerprint density at radius 3 is 2.38 bits per heavy atom. The van der Waals surface area contributed by atoms with Gasteiger partial charge in [-0.05, 0) is 38.8 Å². The van der Waals surface area contributed by atoms with Crippen LogP contribution < -0.4 is 5.32 Å². The zero-order valence-electron chi connectivity index (χ0n) is 22.5.